The number of hydrogen-bond acceptors (Lipinski definition) is 3. The standard InChI is InChI=1S/C38H55NO3/c1-24(2)28-14-20-38(34(41)39-23-17-26-8-10-27(42-7)11-9-26)22-21-36(5)30(33(28)38)12-13-32-35(4)18-16-31(40)25(3)29(35)15-19-37(32,36)6/h8-11,28-33,40H,1,3,12-23H2,2,4-7H3,(H,39,41)/t28-,29-,30+,31-,32+,33+,35-,36+,37+,38-/m0/s1. The van der Waals surface area contributed by atoms with Crippen LogP contribution in [0.4, 0.5) is 0 Å². The van der Waals surface area contributed by atoms with E-state index in [9.17, 15) is 9.90 Å². The van der Waals surface area contributed by atoms with E-state index < -0.39 is 0 Å². The maximum atomic E-state index is 14.3. The molecule has 5 aliphatic rings. The fraction of sp³-hybridized carbons (Fsp3) is 0.711. The minimum atomic E-state index is -0.326. The first kappa shape index (κ1) is 30.0. The summed E-state index contributed by atoms with van der Waals surface area (Å²) in [4.78, 5) is 14.3. The van der Waals surface area contributed by atoms with Crippen LogP contribution in [0.15, 0.2) is 48.6 Å². The molecule has 1 aromatic carbocycles. The number of hydrogen-bond donors (Lipinski definition) is 2. The molecule has 4 nitrogen and oxygen atoms in total. The lowest BCUT2D eigenvalue weighted by atomic mass is 9.33. The number of benzene rings is 1. The Bertz CT molecular complexity index is 1240. The summed E-state index contributed by atoms with van der Waals surface area (Å²) < 4.78 is 5.31. The van der Waals surface area contributed by atoms with Crippen molar-refractivity contribution in [2.24, 2.45) is 51.2 Å². The van der Waals surface area contributed by atoms with Crippen LogP contribution in [0.3, 0.4) is 0 Å². The predicted molar refractivity (Wildman–Crippen MR) is 170 cm³/mol. The molecule has 42 heavy (non-hydrogen) atoms. The second-order valence-corrected chi connectivity index (χ2v) is 15.8. The number of carbonyl (C=O) groups excluding carboxylic acids is 1. The van der Waals surface area contributed by atoms with E-state index in [4.69, 9.17) is 4.74 Å². The molecule has 0 heterocycles. The van der Waals surface area contributed by atoms with Crippen LogP contribution in [0.1, 0.15) is 97.5 Å². The van der Waals surface area contributed by atoms with Gasteiger partial charge in [-0.3, -0.25) is 4.79 Å². The molecule has 5 aliphatic carbocycles. The van der Waals surface area contributed by atoms with Gasteiger partial charge in [-0.15, -0.1) is 0 Å². The number of amides is 1. The topological polar surface area (TPSA) is 58.6 Å². The molecule has 0 saturated heterocycles. The third kappa shape index (κ3) is 4.20. The molecular formula is C38H55NO3. The van der Waals surface area contributed by atoms with Crippen LogP contribution < -0.4 is 10.1 Å². The highest BCUT2D eigenvalue weighted by Crippen LogP contribution is 2.76. The number of aliphatic hydroxyl groups is 1. The second kappa shape index (κ2) is 10.5. The number of nitrogens with one attached hydrogen (secondary N) is 1. The quantitative estimate of drug-likeness (QED) is 0.340. The Morgan fingerprint density at radius 3 is 2.40 bits per heavy atom. The number of rotatable bonds is 6. The zero-order valence-electron chi connectivity index (χ0n) is 26.9. The molecule has 4 heteroatoms. The Morgan fingerprint density at radius 1 is 0.976 bits per heavy atom. The SMILES string of the molecule is C=C(C)[C@@H]1CC[C@]2(C(=O)NCCc3ccc(OC)cc3)CC[C@]3(C)[C@H](CC[C@@H]4[C@@]5(C)CC[C@H](O)C(=C)[C@@H]5CC[C@]43C)[C@@H]12. The summed E-state index contributed by atoms with van der Waals surface area (Å²) in [5.41, 5.74) is 3.98. The van der Waals surface area contributed by atoms with Gasteiger partial charge in [0, 0.05) is 6.54 Å². The number of allylic oxidation sites excluding steroid dienone is 1. The fourth-order valence-electron chi connectivity index (χ4n) is 12.0. The highest BCUT2D eigenvalue weighted by Gasteiger charge is 2.70. The predicted octanol–water partition coefficient (Wildman–Crippen LogP) is 7.90. The van der Waals surface area contributed by atoms with Crippen molar-refractivity contribution in [3.63, 3.8) is 0 Å². The third-order valence-electron chi connectivity index (χ3n) is 14.5. The van der Waals surface area contributed by atoms with E-state index in [0.29, 0.717) is 42.0 Å². The summed E-state index contributed by atoms with van der Waals surface area (Å²) in [6, 6.07) is 8.19. The molecule has 0 spiro atoms. The lowest BCUT2D eigenvalue weighted by molar-refractivity contribution is -0.220. The lowest BCUT2D eigenvalue weighted by Crippen LogP contribution is -2.66. The zero-order chi connectivity index (χ0) is 30.1. The molecule has 6 rings (SSSR count). The number of carbonyl (C=O) groups is 1. The largest absolute Gasteiger partial charge is 0.497 e. The minimum absolute atomic E-state index is 0.205. The summed E-state index contributed by atoms with van der Waals surface area (Å²) in [5.74, 6) is 3.59. The molecule has 5 fully saturated rings. The van der Waals surface area contributed by atoms with Gasteiger partial charge < -0.3 is 15.2 Å². The van der Waals surface area contributed by atoms with Crippen molar-refractivity contribution in [2.75, 3.05) is 13.7 Å². The number of aliphatic hydroxyl groups excluding tert-OH is 1. The van der Waals surface area contributed by atoms with E-state index in [1.165, 1.54) is 30.4 Å². The molecule has 0 aromatic heterocycles. The van der Waals surface area contributed by atoms with Gasteiger partial charge in [0.15, 0.2) is 0 Å². The van der Waals surface area contributed by atoms with Crippen LogP contribution in [0.2, 0.25) is 0 Å². The van der Waals surface area contributed by atoms with Crippen molar-refractivity contribution >= 4 is 5.91 Å². The van der Waals surface area contributed by atoms with Crippen molar-refractivity contribution in [1.82, 2.24) is 5.32 Å². The van der Waals surface area contributed by atoms with Crippen LogP contribution >= 0.6 is 0 Å². The Labute approximate surface area is 254 Å². The van der Waals surface area contributed by atoms with Gasteiger partial charge in [0.05, 0.1) is 18.6 Å². The van der Waals surface area contributed by atoms with Crippen molar-refractivity contribution < 1.29 is 14.6 Å². The molecule has 230 valence electrons. The zero-order valence-corrected chi connectivity index (χ0v) is 26.9. The maximum absolute atomic E-state index is 14.3. The van der Waals surface area contributed by atoms with Crippen molar-refractivity contribution in [3.05, 3.63) is 54.1 Å². The van der Waals surface area contributed by atoms with Gasteiger partial charge in [0.25, 0.3) is 0 Å². The Hall–Kier alpha value is -2.07. The Kier molecular flexibility index (Phi) is 7.52. The first-order chi connectivity index (χ1) is 19.9. The maximum Gasteiger partial charge on any atom is 0.226 e. The van der Waals surface area contributed by atoms with Crippen LogP contribution in [0.25, 0.3) is 0 Å². The van der Waals surface area contributed by atoms with Crippen molar-refractivity contribution in [3.8, 4) is 5.75 Å². The normalized spacial score (nSPS) is 44.3. The van der Waals surface area contributed by atoms with Gasteiger partial charge in [-0.2, -0.15) is 0 Å². The lowest BCUT2D eigenvalue weighted by Gasteiger charge is -2.71. The van der Waals surface area contributed by atoms with Gasteiger partial charge in [-0.25, -0.2) is 0 Å². The van der Waals surface area contributed by atoms with Gasteiger partial charge in [-0.05, 0) is 147 Å². The first-order valence-electron chi connectivity index (χ1n) is 16.8. The molecule has 0 radical (unpaired) electrons. The van der Waals surface area contributed by atoms with Crippen LogP contribution in [0, 0.1) is 51.2 Å². The smallest absolute Gasteiger partial charge is 0.226 e. The molecule has 1 amide bonds. The van der Waals surface area contributed by atoms with E-state index in [-0.39, 0.29) is 27.8 Å². The highest BCUT2D eigenvalue weighted by atomic mass is 16.5. The highest BCUT2D eigenvalue weighted by molar-refractivity contribution is 5.84. The molecule has 1 aromatic rings. The first-order valence-corrected chi connectivity index (χ1v) is 16.8. The summed E-state index contributed by atoms with van der Waals surface area (Å²) in [7, 11) is 1.69. The number of methoxy groups -OCH3 is 1. The molecule has 0 aliphatic heterocycles. The van der Waals surface area contributed by atoms with E-state index in [0.717, 1.165) is 62.7 Å². The minimum Gasteiger partial charge on any atom is -0.497 e. The van der Waals surface area contributed by atoms with E-state index >= 15 is 0 Å². The Balaban J connectivity index is 1.26. The van der Waals surface area contributed by atoms with Gasteiger partial charge in [0.1, 0.15) is 5.75 Å². The van der Waals surface area contributed by atoms with Gasteiger partial charge >= 0.3 is 0 Å². The van der Waals surface area contributed by atoms with Gasteiger partial charge in [0.2, 0.25) is 5.91 Å². The summed E-state index contributed by atoms with van der Waals surface area (Å²) in [6.07, 6.45) is 11.5. The molecular weight excluding hydrogens is 518 g/mol. The Morgan fingerprint density at radius 2 is 1.71 bits per heavy atom. The average molecular weight is 574 g/mol. The molecule has 5 saturated carbocycles. The average Bonchev–Trinajstić information content (AvgIpc) is 3.37. The van der Waals surface area contributed by atoms with Gasteiger partial charge in [-0.1, -0.05) is 51.6 Å². The van der Waals surface area contributed by atoms with E-state index in [1.54, 1.807) is 7.11 Å². The molecule has 2 N–H and O–H groups in total. The van der Waals surface area contributed by atoms with E-state index in [1.807, 2.05) is 12.1 Å². The molecule has 10 atom stereocenters. The number of ether oxygens (including phenoxy) is 1. The monoisotopic (exact) mass is 573 g/mol. The van der Waals surface area contributed by atoms with Crippen LogP contribution in [-0.4, -0.2) is 30.8 Å². The third-order valence-corrected chi connectivity index (χ3v) is 14.5. The van der Waals surface area contributed by atoms with E-state index in [2.05, 4.69) is 58.3 Å². The van der Waals surface area contributed by atoms with Crippen molar-refractivity contribution in [2.45, 2.75) is 104 Å². The summed E-state index contributed by atoms with van der Waals surface area (Å²) in [5, 5.41) is 14.1. The summed E-state index contributed by atoms with van der Waals surface area (Å²) >= 11 is 0. The second-order valence-electron chi connectivity index (χ2n) is 15.8. The molecule has 0 bridgehead atoms. The fourth-order valence-corrected chi connectivity index (χ4v) is 12.0. The number of fused-ring (bicyclic) bond motifs is 7. The van der Waals surface area contributed by atoms with Crippen molar-refractivity contribution in [1.29, 1.82) is 0 Å². The summed E-state index contributed by atoms with van der Waals surface area (Å²) in [6.45, 7) is 19.6. The molecule has 0 unspecified atom stereocenters. The van der Waals surface area contributed by atoms with Crippen LogP contribution in [-0.2, 0) is 11.2 Å². The van der Waals surface area contributed by atoms with Crippen LogP contribution in [0.5, 0.6) is 5.75 Å².